The van der Waals surface area contributed by atoms with E-state index in [4.69, 9.17) is 0 Å². The molecule has 1 aromatic carbocycles. The molecule has 0 amide bonds. The van der Waals surface area contributed by atoms with Crippen molar-refractivity contribution < 1.29 is 13.2 Å². The number of hydrogen-bond acceptors (Lipinski definition) is 1. The number of aryl methyl sites for hydroxylation is 1. The first-order valence-corrected chi connectivity index (χ1v) is 4.58. The monoisotopic (exact) mass is 225 g/mol. The summed E-state index contributed by atoms with van der Waals surface area (Å²) >= 11 is 0. The molecule has 2 rings (SSSR count). The smallest absolute Gasteiger partial charge is 0.240 e. The van der Waals surface area contributed by atoms with Crippen molar-refractivity contribution in [1.82, 2.24) is 9.78 Å². The van der Waals surface area contributed by atoms with Crippen LogP contribution in [0.1, 0.15) is 11.3 Å². The van der Waals surface area contributed by atoms with E-state index >= 15 is 0 Å². The Morgan fingerprint density at radius 2 is 2.06 bits per heavy atom. The van der Waals surface area contributed by atoms with Gasteiger partial charge in [0, 0.05) is 12.3 Å². The average Bonchev–Trinajstić information content (AvgIpc) is 2.65. The molecule has 5 heteroatoms. The molecule has 0 N–H and O–H groups in total. The summed E-state index contributed by atoms with van der Waals surface area (Å²) in [7, 11) is 0. The Balaban J connectivity index is 2.39. The molecule has 1 radical (unpaired) electrons. The number of alkyl halides is 3. The fourth-order valence-corrected chi connectivity index (χ4v) is 1.31. The molecule has 0 atom stereocenters. The Labute approximate surface area is 90.3 Å². The molecule has 0 bridgehead atoms. The van der Waals surface area contributed by atoms with Crippen LogP contribution >= 0.6 is 0 Å². The summed E-state index contributed by atoms with van der Waals surface area (Å²) in [5.41, 5.74) is 0.538. The molecule has 0 saturated heterocycles. The Hall–Kier alpha value is -1.78. The zero-order valence-electron chi connectivity index (χ0n) is 8.42. The largest absolute Gasteiger partial charge is 0.435 e. The van der Waals surface area contributed by atoms with Crippen molar-refractivity contribution in [1.29, 1.82) is 0 Å². The molecule has 0 spiro atoms. The highest BCUT2D eigenvalue weighted by Gasteiger charge is 2.33. The van der Waals surface area contributed by atoms with Crippen LogP contribution in [0.25, 0.3) is 5.69 Å². The van der Waals surface area contributed by atoms with Crippen molar-refractivity contribution in [3.8, 4) is 5.69 Å². The van der Waals surface area contributed by atoms with Gasteiger partial charge in [-0.15, -0.1) is 0 Å². The lowest BCUT2D eigenvalue weighted by Crippen LogP contribution is -2.07. The lowest BCUT2D eigenvalue weighted by molar-refractivity contribution is -0.141. The minimum absolute atomic E-state index is 0.496. The zero-order valence-corrected chi connectivity index (χ0v) is 8.42. The quantitative estimate of drug-likeness (QED) is 0.729. The number of halogens is 3. The number of nitrogens with zero attached hydrogens (tertiary/aromatic N) is 2. The maximum atomic E-state index is 12.3. The van der Waals surface area contributed by atoms with E-state index < -0.39 is 11.9 Å². The van der Waals surface area contributed by atoms with E-state index in [-0.39, 0.29) is 0 Å². The van der Waals surface area contributed by atoms with Gasteiger partial charge in [-0.25, -0.2) is 4.68 Å². The fourth-order valence-electron chi connectivity index (χ4n) is 1.31. The topological polar surface area (TPSA) is 17.8 Å². The molecule has 0 unspecified atom stereocenters. The van der Waals surface area contributed by atoms with E-state index in [1.165, 1.54) is 6.20 Å². The molecular weight excluding hydrogens is 217 g/mol. The van der Waals surface area contributed by atoms with Crippen molar-refractivity contribution in [2.24, 2.45) is 0 Å². The van der Waals surface area contributed by atoms with Crippen LogP contribution in [0.2, 0.25) is 0 Å². The van der Waals surface area contributed by atoms with Gasteiger partial charge in [0.05, 0.1) is 5.69 Å². The van der Waals surface area contributed by atoms with Gasteiger partial charge in [0.25, 0.3) is 0 Å². The van der Waals surface area contributed by atoms with E-state index in [9.17, 15) is 13.2 Å². The Morgan fingerprint density at radius 1 is 1.31 bits per heavy atom. The zero-order chi connectivity index (χ0) is 11.8. The Morgan fingerprint density at radius 3 is 2.62 bits per heavy atom. The van der Waals surface area contributed by atoms with Crippen LogP contribution in [0.5, 0.6) is 0 Å². The fraction of sp³-hybridized carbons (Fsp3) is 0.182. The first-order valence-electron chi connectivity index (χ1n) is 4.58. The third kappa shape index (κ3) is 2.08. The lowest BCUT2D eigenvalue weighted by atomic mass is 10.2. The normalized spacial score (nSPS) is 11.8. The number of aromatic nitrogens is 2. The third-order valence-electron chi connectivity index (χ3n) is 2.07. The van der Waals surface area contributed by atoms with Crippen LogP contribution in [0.15, 0.2) is 30.5 Å². The average molecular weight is 225 g/mol. The van der Waals surface area contributed by atoms with E-state index in [1.54, 1.807) is 12.1 Å². The predicted molar refractivity (Wildman–Crippen MR) is 52.1 cm³/mol. The summed E-state index contributed by atoms with van der Waals surface area (Å²) in [4.78, 5) is 0. The lowest BCUT2D eigenvalue weighted by Gasteiger charge is -2.03. The molecule has 1 heterocycles. The van der Waals surface area contributed by atoms with Crippen molar-refractivity contribution in [2.75, 3.05) is 0 Å². The molecule has 1 aromatic heterocycles. The minimum atomic E-state index is -4.41. The second kappa shape index (κ2) is 3.66. The van der Waals surface area contributed by atoms with Gasteiger partial charge in [-0.05, 0) is 24.6 Å². The molecule has 0 aliphatic rings. The molecule has 0 saturated carbocycles. The first-order chi connectivity index (χ1) is 7.47. The second-order valence-electron chi connectivity index (χ2n) is 3.39. The Bertz CT molecular complexity index is 500. The summed E-state index contributed by atoms with van der Waals surface area (Å²) in [6.07, 6.45) is -3.14. The number of hydrogen-bond donors (Lipinski definition) is 0. The van der Waals surface area contributed by atoms with Crippen molar-refractivity contribution in [3.63, 3.8) is 0 Å². The van der Waals surface area contributed by atoms with Crippen LogP contribution in [-0.2, 0) is 6.18 Å². The molecule has 2 nitrogen and oxygen atoms in total. The van der Waals surface area contributed by atoms with Crippen molar-refractivity contribution >= 4 is 0 Å². The van der Waals surface area contributed by atoms with Crippen LogP contribution in [-0.4, -0.2) is 9.78 Å². The van der Waals surface area contributed by atoms with Gasteiger partial charge in [0.1, 0.15) is 0 Å². The van der Waals surface area contributed by atoms with E-state index in [2.05, 4.69) is 11.2 Å². The van der Waals surface area contributed by atoms with Gasteiger partial charge in [0.2, 0.25) is 0 Å². The Kier molecular flexibility index (Phi) is 2.46. The molecule has 16 heavy (non-hydrogen) atoms. The summed E-state index contributed by atoms with van der Waals surface area (Å²) < 4.78 is 38.1. The second-order valence-corrected chi connectivity index (χ2v) is 3.39. The highest BCUT2D eigenvalue weighted by molar-refractivity contribution is 5.33. The highest BCUT2D eigenvalue weighted by atomic mass is 19.4. The van der Waals surface area contributed by atoms with Gasteiger partial charge in [-0.2, -0.15) is 18.3 Å². The number of rotatable bonds is 1. The van der Waals surface area contributed by atoms with E-state index in [0.717, 1.165) is 16.3 Å². The summed E-state index contributed by atoms with van der Waals surface area (Å²) in [6, 6.07) is 8.95. The molecule has 83 valence electrons. The van der Waals surface area contributed by atoms with Crippen LogP contribution in [0.3, 0.4) is 0 Å². The SMILES string of the molecule is Cc1cc[c]c(-n2ccc(C(F)(F)F)n2)c1. The minimum Gasteiger partial charge on any atom is -0.240 e. The molecule has 0 aliphatic carbocycles. The van der Waals surface area contributed by atoms with Gasteiger partial charge in [0.15, 0.2) is 5.69 Å². The molecule has 2 aromatic rings. The van der Waals surface area contributed by atoms with Crippen molar-refractivity contribution in [3.05, 3.63) is 47.8 Å². The molecular formula is C11H8F3N2. The van der Waals surface area contributed by atoms with Gasteiger partial charge in [-0.3, -0.25) is 0 Å². The maximum Gasteiger partial charge on any atom is 0.435 e. The van der Waals surface area contributed by atoms with Crippen LogP contribution < -0.4 is 0 Å². The summed E-state index contributed by atoms with van der Waals surface area (Å²) in [6.45, 7) is 1.85. The first kappa shape index (κ1) is 10.7. The van der Waals surface area contributed by atoms with Gasteiger partial charge in [-0.1, -0.05) is 12.1 Å². The van der Waals surface area contributed by atoms with Gasteiger partial charge < -0.3 is 0 Å². The van der Waals surface area contributed by atoms with Crippen molar-refractivity contribution in [2.45, 2.75) is 13.1 Å². The third-order valence-corrected chi connectivity index (χ3v) is 2.07. The highest BCUT2D eigenvalue weighted by Crippen LogP contribution is 2.27. The predicted octanol–water partition coefficient (Wildman–Crippen LogP) is 3.00. The molecule has 0 fully saturated rings. The number of benzene rings is 1. The maximum absolute atomic E-state index is 12.3. The van der Waals surface area contributed by atoms with E-state index in [1.807, 2.05) is 13.0 Å². The summed E-state index contributed by atoms with van der Waals surface area (Å²) in [5, 5.41) is 3.45. The van der Waals surface area contributed by atoms with Crippen LogP contribution in [0.4, 0.5) is 13.2 Å². The van der Waals surface area contributed by atoms with E-state index in [0.29, 0.717) is 5.69 Å². The van der Waals surface area contributed by atoms with Gasteiger partial charge >= 0.3 is 6.18 Å². The molecule has 0 aliphatic heterocycles. The van der Waals surface area contributed by atoms with Crippen LogP contribution in [0, 0.1) is 13.0 Å². The standard InChI is InChI=1S/C11H8F3N2/c1-8-3-2-4-9(7-8)16-6-5-10(15-16)11(12,13)14/h2-3,5-7H,1H3. The summed E-state index contributed by atoms with van der Waals surface area (Å²) in [5.74, 6) is 0.